The lowest BCUT2D eigenvalue weighted by Gasteiger charge is -2.39. The van der Waals surface area contributed by atoms with Crippen LogP contribution in [0.1, 0.15) is 40.2 Å². The Kier molecular flexibility index (Phi) is 9.92. The molecule has 0 saturated carbocycles. The van der Waals surface area contributed by atoms with E-state index in [0.29, 0.717) is 25.2 Å². The van der Waals surface area contributed by atoms with Crippen molar-refractivity contribution >= 4 is 28.5 Å². The van der Waals surface area contributed by atoms with Crippen molar-refractivity contribution in [1.29, 1.82) is 0 Å². The van der Waals surface area contributed by atoms with Crippen LogP contribution in [0.3, 0.4) is 0 Å². The van der Waals surface area contributed by atoms with E-state index in [4.69, 9.17) is 4.74 Å². The molecule has 0 unspecified atom stereocenters. The fourth-order valence-corrected chi connectivity index (χ4v) is 7.00. The molecule has 2 fully saturated rings. The lowest BCUT2D eigenvalue weighted by Crippen LogP contribution is -2.48. The zero-order valence-electron chi connectivity index (χ0n) is 26.4. The lowest BCUT2D eigenvalue weighted by atomic mass is 9.88. The van der Waals surface area contributed by atoms with Crippen LogP contribution in [0.5, 0.6) is 0 Å². The number of piperidine rings is 1. The molecule has 0 aliphatic carbocycles. The van der Waals surface area contributed by atoms with Gasteiger partial charge in [-0.2, -0.15) is 0 Å². The van der Waals surface area contributed by atoms with Gasteiger partial charge in [0.1, 0.15) is 6.61 Å². The highest BCUT2D eigenvalue weighted by atomic mass is 16.6. The fourth-order valence-electron chi connectivity index (χ4n) is 7.00. The molecule has 2 aliphatic heterocycles. The van der Waals surface area contributed by atoms with Crippen LogP contribution < -0.4 is 0 Å². The molecule has 0 spiro atoms. The van der Waals surface area contributed by atoms with Gasteiger partial charge in [0.15, 0.2) is 0 Å². The van der Waals surface area contributed by atoms with Crippen molar-refractivity contribution in [2.75, 3.05) is 39.3 Å². The van der Waals surface area contributed by atoms with Crippen molar-refractivity contribution in [3.05, 3.63) is 137 Å². The van der Waals surface area contributed by atoms with Gasteiger partial charge in [0.25, 0.3) is 11.6 Å². The largest absolute Gasteiger partial charge is 0.445 e. The Bertz CT molecular complexity index is 1720. The highest BCUT2D eigenvalue weighted by Gasteiger charge is 2.38. The Labute approximate surface area is 275 Å². The van der Waals surface area contributed by atoms with E-state index in [2.05, 4.69) is 41.8 Å². The SMILES string of the molecule is C=CCN(C(=O)OCc1ccc([N+](=O)[O-])cc1)C1CCN(C[C@H]2CN(C(=O)c3ccc4ccccc4c3)C[C@@H]2c2ccccc2)CC1. The molecule has 4 aromatic carbocycles. The number of likely N-dealkylation sites (tertiary alicyclic amines) is 2. The standard InChI is InChI=1S/C38H40N4O5/c1-2-20-41(38(44)47-27-28-12-16-35(17-13-28)42(45)46)34-18-21-39(22-19-34)24-33-25-40(26-36(33)30-9-4-3-5-10-30)37(43)32-15-14-29-8-6-7-11-31(29)23-32/h2-17,23,33-34,36H,1,18-22,24-27H2/t33-,36+/m0/s1. The van der Waals surface area contributed by atoms with Crippen LogP contribution in [0.4, 0.5) is 10.5 Å². The third-order valence-corrected chi connectivity index (χ3v) is 9.51. The van der Waals surface area contributed by atoms with Crippen LogP contribution in [-0.2, 0) is 11.3 Å². The van der Waals surface area contributed by atoms with Crippen LogP contribution in [0, 0.1) is 16.0 Å². The molecule has 2 amide bonds. The summed E-state index contributed by atoms with van der Waals surface area (Å²) < 4.78 is 5.61. The van der Waals surface area contributed by atoms with Crippen LogP contribution >= 0.6 is 0 Å². The van der Waals surface area contributed by atoms with Crippen molar-refractivity contribution in [1.82, 2.24) is 14.7 Å². The van der Waals surface area contributed by atoms with Gasteiger partial charge < -0.3 is 19.4 Å². The first kappa shape index (κ1) is 31.9. The number of rotatable bonds is 10. The molecule has 2 atom stereocenters. The van der Waals surface area contributed by atoms with Crippen LogP contribution in [-0.4, -0.2) is 76.9 Å². The zero-order chi connectivity index (χ0) is 32.8. The fraction of sp³-hybridized carbons (Fsp3) is 0.316. The van der Waals surface area contributed by atoms with Gasteiger partial charge in [0.05, 0.1) is 4.92 Å². The molecule has 0 aromatic heterocycles. The summed E-state index contributed by atoms with van der Waals surface area (Å²) in [6, 6.07) is 30.6. The molecular formula is C38H40N4O5. The van der Waals surface area contributed by atoms with Crippen molar-refractivity contribution < 1.29 is 19.2 Å². The summed E-state index contributed by atoms with van der Waals surface area (Å²) >= 11 is 0. The second-order valence-electron chi connectivity index (χ2n) is 12.5. The number of carbonyl (C=O) groups excluding carboxylic acids is 2. The first-order chi connectivity index (χ1) is 22.9. The molecule has 47 heavy (non-hydrogen) atoms. The highest BCUT2D eigenvalue weighted by Crippen LogP contribution is 2.35. The first-order valence-electron chi connectivity index (χ1n) is 16.2. The maximum absolute atomic E-state index is 13.8. The van der Waals surface area contributed by atoms with Gasteiger partial charge in [-0.05, 0) is 64.9 Å². The van der Waals surface area contributed by atoms with Crippen molar-refractivity contribution in [3.8, 4) is 0 Å². The van der Waals surface area contributed by atoms with Crippen molar-refractivity contribution in [2.45, 2.75) is 31.4 Å². The molecule has 2 aliphatic rings. The van der Waals surface area contributed by atoms with Crippen LogP contribution in [0.2, 0.25) is 0 Å². The number of hydrogen-bond donors (Lipinski definition) is 0. The normalized spacial score (nSPS) is 18.6. The smallest absolute Gasteiger partial charge is 0.410 e. The molecule has 4 aromatic rings. The number of ether oxygens (including phenoxy) is 1. The number of fused-ring (bicyclic) bond motifs is 1. The number of nitrogens with zero attached hydrogens (tertiary/aromatic N) is 4. The molecule has 6 rings (SSSR count). The zero-order valence-corrected chi connectivity index (χ0v) is 26.4. The molecule has 0 bridgehead atoms. The van der Waals surface area contributed by atoms with Gasteiger partial charge in [-0.3, -0.25) is 14.9 Å². The molecule has 0 radical (unpaired) electrons. The average Bonchev–Trinajstić information content (AvgIpc) is 3.53. The summed E-state index contributed by atoms with van der Waals surface area (Å²) in [5.41, 5.74) is 2.67. The van der Waals surface area contributed by atoms with E-state index in [1.807, 2.05) is 47.4 Å². The molecule has 2 saturated heterocycles. The van der Waals surface area contributed by atoms with Gasteiger partial charge in [-0.1, -0.05) is 66.7 Å². The topological polar surface area (TPSA) is 96.2 Å². The summed E-state index contributed by atoms with van der Waals surface area (Å²) in [5.74, 6) is 0.601. The molecule has 2 heterocycles. The molecule has 9 heteroatoms. The van der Waals surface area contributed by atoms with Crippen molar-refractivity contribution in [2.24, 2.45) is 5.92 Å². The van der Waals surface area contributed by atoms with Crippen molar-refractivity contribution in [3.63, 3.8) is 0 Å². The van der Waals surface area contributed by atoms with E-state index in [1.54, 1.807) is 23.1 Å². The lowest BCUT2D eigenvalue weighted by molar-refractivity contribution is -0.384. The van der Waals surface area contributed by atoms with Gasteiger partial charge in [0, 0.05) is 68.9 Å². The third-order valence-electron chi connectivity index (χ3n) is 9.51. The summed E-state index contributed by atoms with van der Waals surface area (Å²) in [6.07, 6.45) is 2.92. The second-order valence-corrected chi connectivity index (χ2v) is 12.5. The predicted octanol–water partition coefficient (Wildman–Crippen LogP) is 6.89. The van der Waals surface area contributed by atoms with Crippen LogP contribution in [0.25, 0.3) is 10.8 Å². The average molecular weight is 633 g/mol. The first-order valence-corrected chi connectivity index (χ1v) is 16.2. The molecule has 0 N–H and O–H groups in total. The Morgan fingerprint density at radius 3 is 2.32 bits per heavy atom. The van der Waals surface area contributed by atoms with Gasteiger partial charge >= 0.3 is 6.09 Å². The monoisotopic (exact) mass is 632 g/mol. The van der Waals surface area contributed by atoms with E-state index in [9.17, 15) is 19.7 Å². The summed E-state index contributed by atoms with van der Waals surface area (Å²) in [4.78, 5) is 43.6. The summed E-state index contributed by atoms with van der Waals surface area (Å²) in [6.45, 7) is 8.20. The van der Waals surface area contributed by atoms with E-state index < -0.39 is 11.0 Å². The van der Waals surface area contributed by atoms with Crippen LogP contribution in [0.15, 0.2) is 110 Å². The Balaban J connectivity index is 1.08. The van der Waals surface area contributed by atoms with E-state index in [-0.39, 0.29) is 36.1 Å². The quantitative estimate of drug-likeness (QED) is 0.107. The minimum absolute atomic E-state index is 0.00273. The predicted molar refractivity (Wildman–Crippen MR) is 182 cm³/mol. The maximum Gasteiger partial charge on any atom is 0.410 e. The second kappa shape index (κ2) is 14.6. The minimum atomic E-state index is -0.454. The summed E-state index contributed by atoms with van der Waals surface area (Å²) in [5, 5.41) is 13.1. The number of non-ortho nitro benzene ring substituents is 1. The number of nitro groups is 1. The molecule has 9 nitrogen and oxygen atoms in total. The molecular weight excluding hydrogens is 592 g/mol. The summed E-state index contributed by atoms with van der Waals surface area (Å²) in [7, 11) is 0. The highest BCUT2D eigenvalue weighted by molar-refractivity contribution is 5.98. The minimum Gasteiger partial charge on any atom is -0.445 e. The Hall–Kier alpha value is -5.02. The number of carbonyl (C=O) groups is 2. The van der Waals surface area contributed by atoms with Gasteiger partial charge in [-0.25, -0.2) is 4.79 Å². The Morgan fingerprint density at radius 2 is 1.62 bits per heavy atom. The van der Waals surface area contributed by atoms with Gasteiger partial charge in [0.2, 0.25) is 0 Å². The number of amides is 2. The molecule has 242 valence electrons. The van der Waals surface area contributed by atoms with E-state index in [0.717, 1.165) is 48.8 Å². The maximum atomic E-state index is 13.8. The van der Waals surface area contributed by atoms with E-state index in [1.165, 1.54) is 17.7 Å². The van der Waals surface area contributed by atoms with E-state index >= 15 is 0 Å². The number of benzene rings is 4. The number of nitro benzene ring substituents is 1. The van der Waals surface area contributed by atoms with Gasteiger partial charge in [-0.15, -0.1) is 6.58 Å². The number of hydrogen-bond acceptors (Lipinski definition) is 6. The third kappa shape index (κ3) is 7.52. The Morgan fingerprint density at radius 1 is 0.915 bits per heavy atom.